The van der Waals surface area contributed by atoms with Crippen molar-refractivity contribution in [2.45, 2.75) is 18.7 Å². The summed E-state index contributed by atoms with van der Waals surface area (Å²) in [6, 6.07) is 14.1. The number of likely N-dealkylation sites (N-methyl/N-ethyl adjacent to an activating group) is 1. The molecule has 1 aliphatic heterocycles. The zero-order valence-corrected chi connectivity index (χ0v) is 25.5. The summed E-state index contributed by atoms with van der Waals surface area (Å²) in [7, 11) is 3.42. The van der Waals surface area contributed by atoms with Gasteiger partial charge in [-0.15, -0.1) is 11.3 Å². The summed E-state index contributed by atoms with van der Waals surface area (Å²) in [5.74, 6) is -1.95. The molecular formula is C34H29F3N4O3S. The van der Waals surface area contributed by atoms with E-state index in [1.54, 1.807) is 50.5 Å². The van der Waals surface area contributed by atoms with Crippen LogP contribution in [-0.4, -0.2) is 44.2 Å². The number of allylic oxidation sites excluding steroid dienone is 5. The summed E-state index contributed by atoms with van der Waals surface area (Å²) in [5, 5.41) is 38.1. The first-order valence-corrected chi connectivity index (χ1v) is 14.6. The number of rotatable bonds is 9. The number of hydrogen-bond acceptors (Lipinski definition) is 8. The molecule has 0 bridgehead atoms. The van der Waals surface area contributed by atoms with Crippen molar-refractivity contribution in [2.75, 3.05) is 32.2 Å². The van der Waals surface area contributed by atoms with Gasteiger partial charge in [-0.25, -0.2) is 0 Å². The van der Waals surface area contributed by atoms with E-state index in [-0.39, 0.29) is 6.61 Å². The summed E-state index contributed by atoms with van der Waals surface area (Å²) < 4.78 is 56.6. The molecule has 2 aliphatic rings. The first-order valence-electron chi connectivity index (χ1n) is 13.8. The van der Waals surface area contributed by atoms with E-state index in [2.05, 4.69) is 0 Å². The molecule has 0 saturated heterocycles. The second-order valence-corrected chi connectivity index (χ2v) is 11.4. The molecule has 3 atom stereocenters. The standard InChI is InChI=1S/C34H29F3N4O3S/c1-22-6-4-5-7-29(22)33(34(35,36)37)30(28(21-40)32(44-33)24(19-38)20-39)15-14-27-13-12-26(45-27)11-9-23-8-10-25(18-31(23)43-3)41(2)16-17-42/h4-15,18,22,29,42H,16-17H2,1-3H3/b11-9+,15-14+. The van der Waals surface area contributed by atoms with E-state index in [1.807, 2.05) is 48.4 Å². The highest BCUT2D eigenvalue weighted by atomic mass is 32.1. The molecule has 230 valence electrons. The van der Waals surface area contributed by atoms with Crippen LogP contribution in [0.3, 0.4) is 0 Å². The van der Waals surface area contributed by atoms with Gasteiger partial charge in [0, 0.05) is 52.2 Å². The lowest BCUT2D eigenvalue weighted by atomic mass is 9.71. The van der Waals surface area contributed by atoms with E-state index >= 15 is 13.2 Å². The van der Waals surface area contributed by atoms with Gasteiger partial charge in [-0.1, -0.05) is 37.3 Å². The number of nitrogens with zero attached hydrogens (tertiary/aromatic N) is 4. The Morgan fingerprint density at radius 3 is 2.31 bits per heavy atom. The molecule has 2 aromatic rings. The van der Waals surface area contributed by atoms with Gasteiger partial charge in [0.2, 0.25) is 5.60 Å². The van der Waals surface area contributed by atoms with E-state index in [0.29, 0.717) is 17.2 Å². The number of anilines is 1. The van der Waals surface area contributed by atoms with E-state index < -0.39 is 46.1 Å². The Bertz CT molecular complexity index is 1750. The number of ether oxygens (including phenoxy) is 2. The first kappa shape index (κ1) is 32.9. The minimum absolute atomic E-state index is 0.0156. The van der Waals surface area contributed by atoms with Gasteiger partial charge >= 0.3 is 6.18 Å². The van der Waals surface area contributed by atoms with Crippen LogP contribution in [0.25, 0.3) is 18.2 Å². The Hall–Kier alpha value is -5.02. The van der Waals surface area contributed by atoms with Crippen LogP contribution >= 0.6 is 11.3 Å². The Kier molecular flexibility index (Phi) is 10.0. The van der Waals surface area contributed by atoms with Crippen LogP contribution in [-0.2, 0) is 4.74 Å². The fraction of sp³-hybridized carbons (Fsp3) is 0.265. The predicted octanol–water partition coefficient (Wildman–Crippen LogP) is 7.20. The second-order valence-electron chi connectivity index (χ2n) is 10.3. The van der Waals surface area contributed by atoms with Crippen LogP contribution in [0.5, 0.6) is 5.75 Å². The molecular weight excluding hydrogens is 601 g/mol. The summed E-state index contributed by atoms with van der Waals surface area (Å²) in [5.41, 5.74) is -3.00. The van der Waals surface area contributed by atoms with E-state index in [1.165, 1.54) is 35.6 Å². The summed E-state index contributed by atoms with van der Waals surface area (Å²) in [4.78, 5) is 3.31. The second kappa shape index (κ2) is 13.7. The normalized spacial score (nSPS) is 21.1. The molecule has 4 rings (SSSR count). The molecule has 1 aromatic heterocycles. The fourth-order valence-corrected chi connectivity index (χ4v) is 6.12. The van der Waals surface area contributed by atoms with Gasteiger partial charge < -0.3 is 19.5 Å². The number of benzene rings is 1. The van der Waals surface area contributed by atoms with Crippen LogP contribution < -0.4 is 9.64 Å². The Morgan fingerprint density at radius 2 is 1.73 bits per heavy atom. The number of aliphatic hydroxyl groups excluding tert-OH is 1. The van der Waals surface area contributed by atoms with Crippen molar-refractivity contribution in [3.05, 3.63) is 98.5 Å². The highest BCUT2D eigenvalue weighted by Gasteiger charge is 2.68. The highest BCUT2D eigenvalue weighted by Crippen LogP contribution is 2.56. The molecule has 0 saturated carbocycles. The Labute approximate surface area is 263 Å². The Morgan fingerprint density at radius 1 is 1.07 bits per heavy atom. The van der Waals surface area contributed by atoms with Crippen molar-refractivity contribution in [3.63, 3.8) is 0 Å². The molecule has 0 amide bonds. The number of halogens is 3. The lowest BCUT2D eigenvalue weighted by Gasteiger charge is -2.41. The number of aliphatic hydroxyl groups is 1. The molecule has 1 aliphatic carbocycles. The lowest BCUT2D eigenvalue weighted by Crippen LogP contribution is -2.54. The number of hydrogen-bond donors (Lipinski definition) is 1. The van der Waals surface area contributed by atoms with Gasteiger partial charge in [-0.05, 0) is 48.4 Å². The number of nitriles is 3. The van der Waals surface area contributed by atoms with Crippen molar-refractivity contribution >= 4 is 35.3 Å². The minimum atomic E-state index is -5.01. The Balaban J connectivity index is 1.73. The van der Waals surface area contributed by atoms with Gasteiger partial charge in [-0.2, -0.15) is 29.0 Å². The maximum atomic E-state index is 15.2. The third-order valence-electron chi connectivity index (χ3n) is 7.61. The SMILES string of the molecule is COc1cc(N(C)CCO)ccc1/C=C/c1ccc(/C=C/C2=C(C#N)C(=C(C#N)C#N)OC2(C2C=CC=CC2C)C(F)(F)F)s1. The van der Waals surface area contributed by atoms with E-state index in [4.69, 9.17) is 9.47 Å². The number of alkyl halides is 3. The smallest absolute Gasteiger partial charge is 0.433 e. The molecule has 1 aromatic carbocycles. The third-order valence-corrected chi connectivity index (χ3v) is 8.62. The topological polar surface area (TPSA) is 113 Å². The average Bonchev–Trinajstić information content (AvgIpc) is 3.62. The average molecular weight is 631 g/mol. The van der Waals surface area contributed by atoms with Gasteiger partial charge in [0.05, 0.1) is 13.7 Å². The minimum Gasteiger partial charge on any atom is -0.496 e. The zero-order chi connectivity index (χ0) is 32.8. The van der Waals surface area contributed by atoms with E-state index in [9.17, 15) is 20.9 Å². The molecule has 11 heteroatoms. The molecule has 0 fully saturated rings. The van der Waals surface area contributed by atoms with Crippen molar-refractivity contribution in [3.8, 4) is 24.0 Å². The molecule has 3 unspecified atom stereocenters. The van der Waals surface area contributed by atoms with Crippen LogP contribution in [0.4, 0.5) is 18.9 Å². The van der Waals surface area contributed by atoms with Gasteiger partial charge in [0.25, 0.3) is 0 Å². The first-order chi connectivity index (χ1) is 21.5. The van der Waals surface area contributed by atoms with Crippen LogP contribution in [0.15, 0.2) is 83.2 Å². The van der Waals surface area contributed by atoms with Gasteiger partial charge in [0.15, 0.2) is 11.3 Å². The van der Waals surface area contributed by atoms with Crippen LogP contribution in [0, 0.1) is 45.8 Å². The quantitative estimate of drug-likeness (QED) is 0.292. The van der Waals surface area contributed by atoms with Gasteiger partial charge in [-0.3, -0.25) is 0 Å². The molecule has 1 N–H and O–H groups in total. The van der Waals surface area contributed by atoms with Crippen molar-refractivity contribution in [1.82, 2.24) is 0 Å². The maximum absolute atomic E-state index is 15.2. The highest BCUT2D eigenvalue weighted by molar-refractivity contribution is 7.13. The fourth-order valence-electron chi connectivity index (χ4n) is 5.31. The van der Waals surface area contributed by atoms with Gasteiger partial charge in [0.1, 0.15) is 29.5 Å². The van der Waals surface area contributed by atoms with Crippen molar-refractivity contribution in [2.24, 2.45) is 11.8 Å². The molecule has 0 spiro atoms. The summed E-state index contributed by atoms with van der Waals surface area (Å²) in [6.07, 6.45) is 7.48. The molecule has 0 radical (unpaired) electrons. The lowest BCUT2D eigenvalue weighted by molar-refractivity contribution is -0.259. The largest absolute Gasteiger partial charge is 0.496 e. The summed E-state index contributed by atoms with van der Waals surface area (Å²) >= 11 is 1.31. The zero-order valence-electron chi connectivity index (χ0n) is 24.7. The molecule has 7 nitrogen and oxygen atoms in total. The maximum Gasteiger partial charge on any atom is 0.433 e. The monoisotopic (exact) mass is 630 g/mol. The van der Waals surface area contributed by atoms with E-state index in [0.717, 1.165) is 16.1 Å². The number of methoxy groups -OCH3 is 1. The number of thiophene rings is 1. The van der Waals surface area contributed by atoms with Crippen molar-refractivity contribution < 1.29 is 27.8 Å². The molecule has 45 heavy (non-hydrogen) atoms. The molecule has 2 heterocycles. The summed E-state index contributed by atoms with van der Waals surface area (Å²) in [6.45, 7) is 2.09. The van der Waals surface area contributed by atoms with Crippen molar-refractivity contribution in [1.29, 1.82) is 15.8 Å². The van der Waals surface area contributed by atoms with Crippen LogP contribution in [0.1, 0.15) is 22.2 Å². The third kappa shape index (κ3) is 6.44. The van der Waals surface area contributed by atoms with Crippen LogP contribution in [0.2, 0.25) is 0 Å². The predicted molar refractivity (Wildman–Crippen MR) is 167 cm³/mol.